The summed E-state index contributed by atoms with van der Waals surface area (Å²) in [4.78, 5) is 88.4. The Morgan fingerprint density at radius 2 is 1.63 bits per heavy atom. The van der Waals surface area contributed by atoms with Crippen molar-refractivity contribution in [3.8, 4) is 0 Å². The van der Waals surface area contributed by atoms with Crippen LogP contribution in [0.15, 0.2) is 61.3 Å². The lowest BCUT2D eigenvalue weighted by Crippen LogP contribution is -2.46. The number of nitrogens with one attached hydrogen (secondary N) is 2. The number of hydrogen-bond donors (Lipinski definition) is 10. The number of aromatic nitrogens is 4. The number of imidazole rings is 1. The second-order valence-electron chi connectivity index (χ2n) is 16.5. The molecule has 1 fully saturated rings. The Kier molecular flexibility index (Phi) is 25.9. The van der Waals surface area contributed by atoms with Crippen LogP contribution in [0.5, 0.6) is 0 Å². The standard InChI is InChI=1S/C41H66N7O18P3S/c1-4-5-6-7-8-9-10-11-12-13-14-15-16-18-29(49)19-17-20-32(51)70-24-23-43-31(50)21-22-44-39(54)36(53)41(2,3)26-63-69(60,61)66-68(58,59)62-25-30-35(65-67(55,56)57)34(52)40(64-30)48-28-47-33-37(42)45-27-46-38(33)48/h8-9,11-12,14-16,18,27-30,34-36,40,49,52-53H,4-7,10,13,17,19-26H2,1-3H3,(H,43,50)(H,44,54)(H,58,59)(H,60,61)(H2,42,45,46)(H2,55,56,57)/b9-8-,12-11-,15-14-,18-16+/t29?,30-,34-,35-,36+,40-/m1/s1. The van der Waals surface area contributed by atoms with Crippen LogP contribution in [0.25, 0.3) is 11.2 Å². The normalized spacial score (nSPS) is 20.7. The molecule has 3 rings (SSSR count). The molecule has 394 valence electrons. The van der Waals surface area contributed by atoms with Crippen molar-refractivity contribution < 1.29 is 85.6 Å². The summed E-state index contributed by atoms with van der Waals surface area (Å²) < 4.78 is 62.4. The zero-order valence-corrected chi connectivity index (χ0v) is 42.6. The number of nitrogen functional groups attached to an aromatic ring is 1. The third-order valence-corrected chi connectivity index (χ3v) is 14.1. The van der Waals surface area contributed by atoms with Crippen molar-refractivity contribution >= 4 is 69.1 Å². The van der Waals surface area contributed by atoms with E-state index in [1.54, 1.807) is 12.2 Å². The van der Waals surface area contributed by atoms with Crippen LogP contribution in [0, 0.1) is 5.41 Å². The highest BCUT2D eigenvalue weighted by Gasteiger charge is 2.50. The fourth-order valence-corrected chi connectivity index (χ4v) is 9.89. The van der Waals surface area contributed by atoms with E-state index in [4.69, 9.17) is 19.5 Å². The van der Waals surface area contributed by atoms with Crippen LogP contribution in [0.4, 0.5) is 5.82 Å². The number of phosphoric acid groups is 3. The number of allylic oxidation sites excluding steroid dienone is 7. The van der Waals surface area contributed by atoms with Gasteiger partial charge >= 0.3 is 23.5 Å². The van der Waals surface area contributed by atoms with Gasteiger partial charge in [-0.15, -0.1) is 0 Å². The van der Waals surface area contributed by atoms with E-state index in [1.165, 1.54) is 33.1 Å². The van der Waals surface area contributed by atoms with Crippen molar-refractivity contribution in [2.24, 2.45) is 5.41 Å². The molecule has 2 aromatic heterocycles. The van der Waals surface area contributed by atoms with Crippen LogP contribution in [0.2, 0.25) is 0 Å². The Hall–Kier alpha value is -3.52. The molecule has 0 aromatic carbocycles. The number of ether oxygens (including phenoxy) is 1. The van der Waals surface area contributed by atoms with Gasteiger partial charge in [-0.1, -0.05) is 94.0 Å². The number of carbonyl (C=O) groups excluding carboxylic acids is 3. The number of anilines is 1. The Morgan fingerprint density at radius 3 is 2.34 bits per heavy atom. The number of rotatable bonds is 33. The average Bonchev–Trinajstić information content (AvgIpc) is 3.84. The third-order valence-electron chi connectivity index (χ3n) is 10.1. The molecule has 29 heteroatoms. The second kappa shape index (κ2) is 29.9. The maximum Gasteiger partial charge on any atom is 0.481 e. The van der Waals surface area contributed by atoms with Gasteiger partial charge in [-0.2, -0.15) is 4.31 Å². The summed E-state index contributed by atoms with van der Waals surface area (Å²) in [5.41, 5.74) is 4.25. The predicted octanol–water partition coefficient (Wildman–Crippen LogP) is 3.78. The van der Waals surface area contributed by atoms with Crippen molar-refractivity contribution in [1.82, 2.24) is 30.2 Å². The molecular weight excluding hydrogens is 1000 g/mol. The maximum atomic E-state index is 12.7. The molecule has 0 spiro atoms. The SMILES string of the molecule is CCCCC/C=C\C/C=C\C/C=C\C=C\C(O)CCCC(=O)SCCNC(=O)CCNC(=O)[C@H](O)C(C)(C)COP(=O)(O)OP(=O)(O)OC[C@H]1O[C@@H](n2cnc3c(N)ncnc32)[C@H](O)[C@@H]1OP(=O)(O)O. The largest absolute Gasteiger partial charge is 0.481 e. The molecule has 2 aromatic rings. The van der Waals surface area contributed by atoms with Crippen molar-refractivity contribution in [2.75, 3.05) is 37.8 Å². The minimum absolute atomic E-state index is 0.0256. The van der Waals surface area contributed by atoms with E-state index in [0.29, 0.717) is 18.6 Å². The first-order valence-electron chi connectivity index (χ1n) is 22.3. The molecule has 8 atom stereocenters. The number of nitrogens with zero attached hydrogens (tertiary/aromatic N) is 4. The molecule has 0 aliphatic carbocycles. The third kappa shape index (κ3) is 22.5. The fourth-order valence-electron chi connectivity index (χ4n) is 6.34. The van der Waals surface area contributed by atoms with Crippen LogP contribution >= 0.6 is 35.2 Å². The number of unbranched alkanes of at least 4 members (excludes halogenated alkanes) is 3. The number of aliphatic hydroxyl groups is 3. The Balaban J connectivity index is 1.32. The van der Waals surface area contributed by atoms with Gasteiger partial charge in [0.15, 0.2) is 22.8 Å². The van der Waals surface area contributed by atoms with E-state index in [-0.39, 0.29) is 48.0 Å². The highest BCUT2D eigenvalue weighted by Crippen LogP contribution is 2.61. The molecule has 2 amide bonds. The lowest BCUT2D eigenvalue weighted by atomic mass is 9.87. The number of amides is 2. The van der Waals surface area contributed by atoms with Gasteiger partial charge in [-0.25, -0.2) is 28.6 Å². The van der Waals surface area contributed by atoms with Crippen LogP contribution in [0.3, 0.4) is 0 Å². The Bertz CT molecular complexity index is 2260. The summed E-state index contributed by atoms with van der Waals surface area (Å²) >= 11 is 1.04. The molecule has 1 aliphatic heterocycles. The number of thioether (sulfide) groups is 1. The molecule has 1 saturated heterocycles. The average molecular weight is 1070 g/mol. The lowest BCUT2D eigenvalue weighted by molar-refractivity contribution is -0.137. The summed E-state index contributed by atoms with van der Waals surface area (Å²) in [6.45, 7) is 2.58. The number of nitrogens with two attached hydrogens (primary N) is 1. The Morgan fingerprint density at radius 1 is 0.929 bits per heavy atom. The molecule has 25 nitrogen and oxygen atoms in total. The first-order chi connectivity index (χ1) is 32.9. The molecule has 0 bridgehead atoms. The molecule has 0 radical (unpaired) electrons. The minimum Gasteiger partial charge on any atom is -0.389 e. The smallest absolute Gasteiger partial charge is 0.389 e. The van der Waals surface area contributed by atoms with E-state index >= 15 is 0 Å². The highest BCUT2D eigenvalue weighted by molar-refractivity contribution is 8.13. The Labute approximate surface area is 409 Å². The quantitative estimate of drug-likeness (QED) is 0.0210. The summed E-state index contributed by atoms with van der Waals surface area (Å²) in [5.74, 6) is -1.20. The van der Waals surface area contributed by atoms with Gasteiger partial charge in [0.2, 0.25) is 11.8 Å². The fraction of sp³-hybridized carbons (Fsp3) is 0.610. The van der Waals surface area contributed by atoms with E-state index in [9.17, 15) is 63.0 Å². The number of fused-ring (bicyclic) bond motifs is 1. The second-order valence-corrected chi connectivity index (χ2v) is 21.9. The summed E-state index contributed by atoms with van der Waals surface area (Å²) in [6, 6.07) is 0. The van der Waals surface area contributed by atoms with Crippen LogP contribution < -0.4 is 16.4 Å². The summed E-state index contributed by atoms with van der Waals surface area (Å²) in [7, 11) is -16.5. The maximum absolute atomic E-state index is 12.7. The van der Waals surface area contributed by atoms with Crippen molar-refractivity contribution in [2.45, 2.75) is 122 Å². The van der Waals surface area contributed by atoms with E-state index in [0.717, 1.165) is 48.2 Å². The van der Waals surface area contributed by atoms with Crippen LogP contribution in [0.1, 0.15) is 91.2 Å². The number of aliphatic hydroxyl groups excluding tert-OH is 3. The summed E-state index contributed by atoms with van der Waals surface area (Å²) in [5, 5.41) is 36.6. The van der Waals surface area contributed by atoms with E-state index in [2.05, 4.69) is 65.6 Å². The molecular formula is C41H66N7O18P3S. The van der Waals surface area contributed by atoms with Crippen molar-refractivity contribution in [3.63, 3.8) is 0 Å². The van der Waals surface area contributed by atoms with E-state index in [1.807, 2.05) is 12.2 Å². The topological polar surface area (TPSA) is 384 Å². The first-order valence-corrected chi connectivity index (χ1v) is 27.8. The molecule has 1 aliphatic rings. The molecule has 3 heterocycles. The number of hydrogen-bond acceptors (Lipinski definition) is 19. The zero-order valence-electron chi connectivity index (χ0n) is 39.1. The molecule has 70 heavy (non-hydrogen) atoms. The monoisotopic (exact) mass is 1070 g/mol. The van der Waals surface area contributed by atoms with Gasteiger partial charge in [0, 0.05) is 37.1 Å². The van der Waals surface area contributed by atoms with Gasteiger partial charge < -0.3 is 56.0 Å². The van der Waals surface area contributed by atoms with Crippen molar-refractivity contribution in [1.29, 1.82) is 0 Å². The first kappa shape index (κ1) is 60.8. The van der Waals surface area contributed by atoms with Crippen molar-refractivity contribution in [3.05, 3.63) is 61.3 Å². The highest BCUT2D eigenvalue weighted by atomic mass is 32.2. The zero-order chi connectivity index (χ0) is 52.0. The van der Waals surface area contributed by atoms with Crippen LogP contribution in [-0.2, 0) is 50.7 Å². The lowest BCUT2D eigenvalue weighted by Gasteiger charge is -2.30. The summed E-state index contributed by atoms with van der Waals surface area (Å²) in [6.07, 6.45) is 15.9. The minimum atomic E-state index is -5.59. The molecule has 3 unspecified atom stereocenters. The van der Waals surface area contributed by atoms with Crippen LogP contribution in [-0.4, -0.2) is 134 Å². The van der Waals surface area contributed by atoms with Gasteiger partial charge in [0.1, 0.15) is 36.3 Å². The molecule has 0 saturated carbocycles. The number of phosphoric ester groups is 3. The molecule has 11 N–H and O–H groups in total. The van der Waals surface area contributed by atoms with Gasteiger partial charge in [0.25, 0.3) is 0 Å². The van der Waals surface area contributed by atoms with Gasteiger partial charge in [0.05, 0.1) is 25.6 Å². The number of carbonyl (C=O) groups is 3. The van der Waals surface area contributed by atoms with E-state index < -0.39 is 90.7 Å². The van der Waals surface area contributed by atoms with Gasteiger partial charge in [-0.3, -0.25) is 32.5 Å². The van der Waals surface area contributed by atoms with Gasteiger partial charge in [-0.05, 0) is 38.5 Å². The predicted molar refractivity (Wildman–Crippen MR) is 257 cm³/mol.